The van der Waals surface area contributed by atoms with Crippen LogP contribution in [0, 0.1) is 34.5 Å². The summed E-state index contributed by atoms with van der Waals surface area (Å²) in [4.78, 5) is 0. The molecule has 0 bridgehead atoms. The van der Waals surface area contributed by atoms with Crippen LogP contribution in [0.3, 0.4) is 0 Å². The van der Waals surface area contributed by atoms with Gasteiger partial charge in [-0.25, -0.2) is 0 Å². The zero-order valence-electron chi connectivity index (χ0n) is 18.6. The molecule has 2 rings (SSSR count). The molecule has 2 aliphatic rings. The summed E-state index contributed by atoms with van der Waals surface area (Å²) in [5.41, 5.74) is 0.0403. The van der Waals surface area contributed by atoms with E-state index in [9.17, 15) is 5.26 Å². The van der Waals surface area contributed by atoms with Crippen molar-refractivity contribution in [1.82, 2.24) is 0 Å². The Morgan fingerprint density at radius 3 is 1.89 bits per heavy atom. The van der Waals surface area contributed by atoms with E-state index in [-0.39, 0.29) is 5.41 Å². The fraction of sp³-hybridized carbons (Fsp3) is 0.962. The molecule has 27 heavy (non-hydrogen) atoms. The van der Waals surface area contributed by atoms with E-state index < -0.39 is 0 Å². The van der Waals surface area contributed by atoms with Crippen LogP contribution in [0.15, 0.2) is 0 Å². The first-order valence-corrected chi connectivity index (χ1v) is 12.6. The summed E-state index contributed by atoms with van der Waals surface area (Å²) in [5, 5.41) is 9.87. The molecule has 2 saturated carbocycles. The van der Waals surface area contributed by atoms with Crippen LogP contribution in [-0.2, 0) is 0 Å². The number of nitriles is 1. The quantitative estimate of drug-likeness (QED) is 0.313. The van der Waals surface area contributed by atoms with Gasteiger partial charge in [-0.15, -0.1) is 0 Å². The third kappa shape index (κ3) is 7.79. The average Bonchev–Trinajstić information content (AvgIpc) is 2.72. The molecule has 0 aromatic carbocycles. The van der Waals surface area contributed by atoms with E-state index in [1.807, 2.05) is 0 Å². The fourth-order valence-electron chi connectivity index (χ4n) is 5.96. The van der Waals surface area contributed by atoms with Crippen molar-refractivity contribution in [3.8, 4) is 6.07 Å². The first-order valence-electron chi connectivity index (χ1n) is 12.6. The highest BCUT2D eigenvalue weighted by Gasteiger charge is 2.38. The Hall–Kier alpha value is -0.510. The van der Waals surface area contributed by atoms with Gasteiger partial charge in [0.15, 0.2) is 0 Å². The molecule has 0 N–H and O–H groups in total. The van der Waals surface area contributed by atoms with Crippen LogP contribution in [-0.4, -0.2) is 0 Å². The van der Waals surface area contributed by atoms with E-state index in [2.05, 4.69) is 19.9 Å². The van der Waals surface area contributed by atoms with E-state index in [4.69, 9.17) is 0 Å². The zero-order chi connectivity index (χ0) is 19.4. The molecule has 1 heteroatoms. The van der Waals surface area contributed by atoms with Crippen molar-refractivity contribution >= 4 is 0 Å². The lowest BCUT2D eigenvalue weighted by Gasteiger charge is -2.41. The smallest absolute Gasteiger partial charge is 0.0689 e. The largest absolute Gasteiger partial charge is 0.198 e. The highest BCUT2D eigenvalue weighted by Crippen LogP contribution is 2.47. The van der Waals surface area contributed by atoms with Gasteiger partial charge >= 0.3 is 0 Å². The standard InChI is InChI=1S/C26H47N/c1-3-5-7-8-9-11-19-26(22-27)20-17-25(18-21-26)24-15-13-23(14-16-24)12-10-6-4-2/h23-25H,3-21H2,1-2H3/t23?,24?,25-,26+. The molecule has 0 saturated heterocycles. The molecule has 0 aliphatic heterocycles. The Bertz CT molecular complexity index is 404. The summed E-state index contributed by atoms with van der Waals surface area (Å²) in [6, 6.07) is 2.78. The minimum atomic E-state index is 0.0403. The van der Waals surface area contributed by atoms with Gasteiger partial charge in [-0.2, -0.15) is 5.26 Å². The Morgan fingerprint density at radius 2 is 1.26 bits per heavy atom. The molecule has 0 heterocycles. The van der Waals surface area contributed by atoms with Crippen LogP contribution in [0.4, 0.5) is 0 Å². The van der Waals surface area contributed by atoms with E-state index in [0.29, 0.717) is 0 Å². The molecule has 0 spiro atoms. The molecule has 1 nitrogen and oxygen atoms in total. The summed E-state index contributed by atoms with van der Waals surface area (Å²) < 4.78 is 0. The molecule has 2 fully saturated rings. The monoisotopic (exact) mass is 373 g/mol. The van der Waals surface area contributed by atoms with Crippen LogP contribution in [0.5, 0.6) is 0 Å². The van der Waals surface area contributed by atoms with E-state index in [0.717, 1.165) is 17.8 Å². The Morgan fingerprint density at radius 1 is 0.704 bits per heavy atom. The maximum Gasteiger partial charge on any atom is 0.0689 e. The lowest BCUT2D eigenvalue weighted by Crippen LogP contribution is -2.31. The molecule has 0 atom stereocenters. The second kappa shape index (κ2) is 12.9. The predicted octanol–water partition coefficient (Wildman–Crippen LogP) is 8.82. The van der Waals surface area contributed by atoms with Gasteiger partial charge < -0.3 is 0 Å². The van der Waals surface area contributed by atoms with Gasteiger partial charge in [0.25, 0.3) is 0 Å². The normalized spacial score (nSPS) is 31.5. The third-order valence-corrected chi connectivity index (χ3v) is 8.01. The minimum Gasteiger partial charge on any atom is -0.198 e. The zero-order valence-corrected chi connectivity index (χ0v) is 18.6. The minimum absolute atomic E-state index is 0.0403. The molecular formula is C26H47N. The van der Waals surface area contributed by atoms with Crippen molar-refractivity contribution in [3.63, 3.8) is 0 Å². The summed E-state index contributed by atoms with van der Waals surface area (Å²) in [7, 11) is 0. The first kappa shape index (κ1) is 22.8. The van der Waals surface area contributed by atoms with Crippen molar-refractivity contribution < 1.29 is 0 Å². The van der Waals surface area contributed by atoms with Crippen LogP contribution in [0.25, 0.3) is 0 Å². The predicted molar refractivity (Wildman–Crippen MR) is 118 cm³/mol. The van der Waals surface area contributed by atoms with Gasteiger partial charge in [-0.05, 0) is 62.7 Å². The molecular weight excluding hydrogens is 326 g/mol. The first-order chi connectivity index (χ1) is 13.2. The van der Waals surface area contributed by atoms with Crippen LogP contribution in [0.1, 0.15) is 136 Å². The van der Waals surface area contributed by atoms with Gasteiger partial charge in [0.05, 0.1) is 11.5 Å². The number of nitrogens with zero attached hydrogens (tertiary/aromatic N) is 1. The highest BCUT2D eigenvalue weighted by atomic mass is 14.4. The number of hydrogen-bond acceptors (Lipinski definition) is 1. The van der Waals surface area contributed by atoms with Crippen LogP contribution >= 0.6 is 0 Å². The molecule has 156 valence electrons. The second-order valence-corrected chi connectivity index (χ2v) is 10.0. The third-order valence-electron chi connectivity index (χ3n) is 8.01. The summed E-state index contributed by atoms with van der Waals surface area (Å²) in [6.07, 6.45) is 26.0. The van der Waals surface area contributed by atoms with Crippen molar-refractivity contribution in [3.05, 3.63) is 0 Å². The van der Waals surface area contributed by atoms with Crippen LogP contribution < -0.4 is 0 Å². The molecule has 0 radical (unpaired) electrons. The van der Waals surface area contributed by atoms with Gasteiger partial charge in [-0.1, -0.05) is 90.9 Å². The lowest BCUT2D eigenvalue weighted by atomic mass is 9.63. The van der Waals surface area contributed by atoms with Crippen molar-refractivity contribution in [1.29, 1.82) is 5.26 Å². The van der Waals surface area contributed by atoms with Crippen molar-refractivity contribution in [2.24, 2.45) is 23.2 Å². The maximum atomic E-state index is 9.87. The second-order valence-electron chi connectivity index (χ2n) is 10.0. The highest BCUT2D eigenvalue weighted by molar-refractivity contribution is 5.02. The molecule has 0 aromatic heterocycles. The average molecular weight is 374 g/mol. The Labute approximate surface area is 170 Å². The molecule has 0 amide bonds. The summed E-state index contributed by atoms with van der Waals surface area (Å²) in [5.74, 6) is 2.95. The van der Waals surface area contributed by atoms with Crippen molar-refractivity contribution in [2.75, 3.05) is 0 Å². The molecule has 2 aliphatic carbocycles. The van der Waals surface area contributed by atoms with E-state index in [1.54, 1.807) is 0 Å². The number of unbranched alkanes of at least 4 members (excludes halogenated alkanes) is 7. The summed E-state index contributed by atoms with van der Waals surface area (Å²) >= 11 is 0. The number of hydrogen-bond donors (Lipinski definition) is 0. The topological polar surface area (TPSA) is 23.8 Å². The molecule has 0 aromatic rings. The molecule has 0 unspecified atom stereocenters. The Kier molecular flexibility index (Phi) is 10.8. The maximum absolute atomic E-state index is 9.87. The SMILES string of the molecule is CCCCCCCC[C@]1(C#N)CC[C@@H](C2CCC(CCCCC)CC2)CC1. The summed E-state index contributed by atoms with van der Waals surface area (Å²) in [6.45, 7) is 4.59. The fourth-order valence-corrected chi connectivity index (χ4v) is 5.96. The van der Waals surface area contributed by atoms with Crippen LogP contribution in [0.2, 0.25) is 0 Å². The number of rotatable bonds is 12. The van der Waals surface area contributed by atoms with Gasteiger partial charge in [0, 0.05) is 0 Å². The van der Waals surface area contributed by atoms with Crippen molar-refractivity contribution in [2.45, 2.75) is 136 Å². The van der Waals surface area contributed by atoms with E-state index >= 15 is 0 Å². The van der Waals surface area contributed by atoms with Gasteiger partial charge in [0.2, 0.25) is 0 Å². The Balaban J connectivity index is 1.64. The lowest BCUT2D eigenvalue weighted by molar-refractivity contribution is 0.114. The van der Waals surface area contributed by atoms with Gasteiger partial charge in [-0.3, -0.25) is 0 Å². The van der Waals surface area contributed by atoms with E-state index in [1.165, 1.54) is 122 Å². The van der Waals surface area contributed by atoms with Gasteiger partial charge in [0.1, 0.15) is 0 Å².